The number of halogens is 1. The van der Waals surface area contributed by atoms with Gasteiger partial charge in [0.15, 0.2) is 0 Å². The Morgan fingerprint density at radius 2 is 2.16 bits per heavy atom. The highest BCUT2D eigenvalue weighted by atomic mass is 32.2. The van der Waals surface area contributed by atoms with E-state index in [1.807, 2.05) is 0 Å². The van der Waals surface area contributed by atoms with Crippen molar-refractivity contribution in [3.8, 4) is 0 Å². The highest BCUT2D eigenvalue weighted by Gasteiger charge is 2.14. The van der Waals surface area contributed by atoms with Crippen molar-refractivity contribution < 1.29 is 17.9 Å². The lowest BCUT2D eigenvalue weighted by Gasteiger charge is -2.09. The van der Waals surface area contributed by atoms with Crippen molar-refractivity contribution in [3.05, 3.63) is 46.4 Å². The van der Waals surface area contributed by atoms with Crippen LogP contribution in [0.25, 0.3) is 0 Å². The third-order valence-electron chi connectivity index (χ3n) is 2.20. The molecule has 0 bridgehead atoms. The summed E-state index contributed by atoms with van der Waals surface area (Å²) in [6, 6.07) is 5.04. The lowest BCUT2D eigenvalue weighted by atomic mass is 10.1. The zero-order chi connectivity index (χ0) is 13.8. The molecule has 0 spiro atoms. The zero-order valence-electron chi connectivity index (χ0n) is 9.42. The first-order valence-electron chi connectivity index (χ1n) is 5.07. The Bertz CT molecular complexity index is 616. The van der Waals surface area contributed by atoms with Crippen molar-refractivity contribution in [2.24, 2.45) is 0 Å². The molecule has 1 atom stereocenters. The van der Waals surface area contributed by atoms with Crippen molar-refractivity contribution in [3.63, 3.8) is 0 Å². The Morgan fingerprint density at radius 1 is 1.37 bits per heavy atom. The summed E-state index contributed by atoms with van der Waals surface area (Å²) in [5, 5.41) is 6.13. The van der Waals surface area contributed by atoms with Crippen LogP contribution >= 0.6 is 11.3 Å². The first-order chi connectivity index (χ1) is 9.06. The minimum atomic E-state index is -2.38. The molecule has 1 unspecified atom stereocenters. The van der Waals surface area contributed by atoms with Crippen LogP contribution in [-0.4, -0.2) is 14.7 Å². The molecule has 2 rings (SSSR count). The minimum absolute atomic E-state index is 0.0476. The van der Waals surface area contributed by atoms with Crippen LogP contribution in [0.2, 0.25) is 0 Å². The Labute approximate surface area is 114 Å². The van der Waals surface area contributed by atoms with Gasteiger partial charge in [-0.05, 0) is 29.6 Å². The van der Waals surface area contributed by atoms with Crippen LogP contribution in [0.5, 0.6) is 0 Å². The van der Waals surface area contributed by atoms with E-state index in [4.69, 9.17) is 4.55 Å². The van der Waals surface area contributed by atoms with Gasteiger partial charge in [0.2, 0.25) is 0 Å². The number of thiophene rings is 1. The zero-order valence-corrected chi connectivity index (χ0v) is 11.1. The van der Waals surface area contributed by atoms with Crippen LogP contribution in [0.1, 0.15) is 10.4 Å². The summed E-state index contributed by atoms with van der Waals surface area (Å²) >= 11 is -0.970. The van der Waals surface area contributed by atoms with Gasteiger partial charge >= 0.3 is 0 Å². The largest absolute Gasteiger partial charge is 0.321 e. The monoisotopic (exact) mass is 300 g/mol. The van der Waals surface area contributed by atoms with Crippen molar-refractivity contribution >= 4 is 39.9 Å². The van der Waals surface area contributed by atoms with Gasteiger partial charge in [-0.15, -0.1) is 0 Å². The van der Waals surface area contributed by atoms with E-state index >= 15 is 0 Å². The summed E-state index contributed by atoms with van der Waals surface area (Å²) in [6.07, 6.45) is 0. The molecular weight excluding hydrogens is 291 g/mol. The number of benzene rings is 1. The van der Waals surface area contributed by atoms with Crippen molar-refractivity contribution in [1.29, 1.82) is 0 Å². The van der Waals surface area contributed by atoms with Gasteiger partial charge in [-0.2, -0.15) is 11.3 Å². The van der Waals surface area contributed by atoms with E-state index in [1.54, 1.807) is 16.8 Å². The van der Waals surface area contributed by atoms with Gasteiger partial charge in [0.1, 0.15) is 5.82 Å². The molecule has 3 N–H and O–H groups in total. The normalized spacial score (nSPS) is 11.9. The molecule has 0 aliphatic heterocycles. The fraction of sp³-hybridized carbons (Fsp3) is 0. The molecule has 100 valence electrons. The molecule has 5 nitrogen and oxygen atoms in total. The summed E-state index contributed by atoms with van der Waals surface area (Å²) in [5.41, 5.74) is 0.638. The van der Waals surface area contributed by atoms with Crippen molar-refractivity contribution in [2.75, 3.05) is 10.0 Å². The maximum Gasteiger partial charge on any atom is 0.259 e. The number of rotatable bonds is 4. The van der Waals surface area contributed by atoms with E-state index in [-0.39, 0.29) is 11.3 Å². The van der Waals surface area contributed by atoms with Gasteiger partial charge in [-0.25, -0.2) is 8.60 Å². The fourth-order valence-corrected chi connectivity index (χ4v) is 2.37. The topological polar surface area (TPSA) is 78.4 Å². The third kappa shape index (κ3) is 3.60. The highest BCUT2D eigenvalue weighted by molar-refractivity contribution is 7.80. The van der Waals surface area contributed by atoms with Gasteiger partial charge in [0, 0.05) is 5.38 Å². The number of amides is 1. The Morgan fingerprint density at radius 3 is 2.79 bits per heavy atom. The first kappa shape index (κ1) is 13.7. The number of nitrogens with one attached hydrogen (secondary N) is 2. The Kier molecular flexibility index (Phi) is 4.25. The average molecular weight is 300 g/mol. The van der Waals surface area contributed by atoms with E-state index in [1.165, 1.54) is 17.4 Å². The maximum atomic E-state index is 13.1. The van der Waals surface area contributed by atoms with Crippen LogP contribution in [0.4, 0.5) is 15.8 Å². The second-order valence-electron chi connectivity index (χ2n) is 3.51. The molecule has 0 saturated heterocycles. The smallest absolute Gasteiger partial charge is 0.259 e. The molecule has 1 aromatic heterocycles. The van der Waals surface area contributed by atoms with Crippen molar-refractivity contribution in [2.45, 2.75) is 0 Å². The fourth-order valence-electron chi connectivity index (χ4n) is 1.43. The van der Waals surface area contributed by atoms with Gasteiger partial charge in [0.25, 0.3) is 17.2 Å². The third-order valence-corrected chi connectivity index (χ3v) is 3.28. The molecule has 0 aliphatic rings. The average Bonchev–Trinajstić information content (AvgIpc) is 2.80. The predicted octanol–water partition coefficient (Wildman–Crippen LogP) is 2.69. The molecule has 1 amide bonds. The molecule has 8 heteroatoms. The maximum absolute atomic E-state index is 13.1. The Hall–Kier alpha value is -1.77. The molecule has 0 radical (unpaired) electrons. The summed E-state index contributed by atoms with van der Waals surface area (Å²) in [6.45, 7) is 0. The first-order valence-corrected chi connectivity index (χ1v) is 7.12. The van der Waals surface area contributed by atoms with Crippen LogP contribution in [0.15, 0.2) is 35.0 Å². The summed E-state index contributed by atoms with van der Waals surface area (Å²) in [5.74, 6) is -1.11. The summed E-state index contributed by atoms with van der Waals surface area (Å²) in [4.78, 5) is 12.0. The van der Waals surface area contributed by atoms with E-state index in [2.05, 4.69) is 10.0 Å². The lowest BCUT2D eigenvalue weighted by molar-refractivity contribution is 0.102. The number of anilines is 2. The molecule has 0 fully saturated rings. The molecule has 0 aliphatic carbocycles. The molecule has 0 saturated carbocycles. The van der Waals surface area contributed by atoms with Crippen LogP contribution in [0.3, 0.4) is 0 Å². The van der Waals surface area contributed by atoms with Crippen LogP contribution in [-0.2, 0) is 11.3 Å². The number of hydrogen-bond donors (Lipinski definition) is 3. The lowest BCUT2D eigenvalue weighted by Crippen LogP contribution is -2.15. The second-order valence-corrected chi connectivity index (χ2v) is 4.99. The molecule has 2 aromatic rings. The second kappa shape index (κ2) is 5.91. The van der Waals surface area contributed by atoms with Gasteiger partial charge in [0.05, 0.1) is 16.9 Å². The molecule has 1 aromatic carbocycles. The van der Waals surface area contributed by atoms with Crippen LogP contribution < -0.4 is 10.0 Å². The van der Waals surface area contributed by atoms with Gasteiger partial charge in [-0.1, -0.05) is 0 Å². The van der Waals surface area contributed by atoms with Gasteiger partial charge in [-0.3, -0.25) is 14.1 Å². The molecular formula is C11H9FN2O3S2. The SMILES string of the molecule is O=C(Nc1ccsc1)c1ccc(F)cc1NS(=O)O. The van der Waals surface area contributed by atoms with E-state index in [0.717, 1.165) is 12.1 Å². The number of hydrogen-bond acceptors (Lipinski definition) is 3. The minimum Gasteiger partial charge on any atom is -0.321 e. The summed E-state index contributed by atoms with van der Waals surface area (Å²) < 4.78 is 34.7. The number of carbonyl (C=O) groups excluding carboxylic acids is 1. The van der Waals surface area contributed by atoms with Crippen molar-refractivity contribution in [1.82, 2.24) is 0 Å². The quantitative estimate of drug-likeness (QED) is 0.760. The summed E-state index contributed by atoms with van der Waals surface area (Å²) in [7, 11) is 0. The van der Waals surface area contributed by atoms with E-state index < -0.39 is 23.0 Å². The Balaban J connectivity index is 2.27. The van der Waals surface area contributed by atoms with E-state index in [0.29, 0.717) is 5.69 Å². The molecule has 19 heavy (non-hydrogen) atoms. The van der Waals surface area contributed by atoms with Crippen LogP contribution in [0, 0.1) is 5.82 Å². The van der Waals surface area contributed by atoms with Gasteiger partial charge < -0.3 is 5.32 Å². The van der Waals surface area contributed by atoms with E-state index in [9.17, 15) is 13.4 Å². The molecule has 1 heterocycles. The number of carbonyl (C=O) groups is 1. The highest BCUT2D eigenvalue weighted by Crippen LogP contribution is 2.20. The predicted molar refractivity (Wildman–Crippen MR) is 73.1 cm³/mol. The standard InChI is InChI=1S/C11H9FN2O3S2/c12-7-1-2-9(10(5-7)14-19(16)17)11(15)13-8-3-4-18-6-8/h1-6,14H,(H,13,15)(H,16,17).